The van der Waals surface area contributed by atoms with Crippen molar-refractivity contribution < 1.29 is 28.6 Å². The molecular weight excluding hydrogens is 512 g/mol. The molecule has 0 aliphatic heterocycles. The molecule has 10 nitrogen and oxygen atoms in total. The molecule has 0 aromatic rings. The Balaban J connectivity index is 3.89. The number of carbonyl (C=O) groups is 3. The first-order valence-corrected chi connectivity index (χ1v) is 15.5. The maximum atomic E-state index is 12.3. The average Bonchev–Trinajstić information content (AvgIpc) is 2.92. The van der Waals surface area contributed by atoms with Gasteiger partial charge in [0.25, 0.3) is 5.91 Å². The summed E-state index contributed by atoms with van der Waals surface area (Å²) in [5, 5.41) is 2.71. The number of likely N-dealkylation sites (N-methyl/N-ethyl adjacent to an activating group) is 2. The molecule has 10 heteroatoms. The van der Waals surface area contributed by atoms with Gasteiger partial charge in [-0.05, 0) is 20.5 Å². The number of hydrogen-bond acceptors (Lipinski definition) is 7. The summed E-state index contributed by atoms with van der Waals surface area (Å²) in [5.41, 5.74) is 5.42. The average molecular weight is 573 g/mol. The maximum absolute atomic E-state index is 12.3. The van der Waals surface area contributed by atoms with E-state index < -0.39 is 30.3 Å². The van der Waals surface area contributed by atoms with Crippen molar-refractivity contribution in [2.45, 2.75) is 122 Å². The highest BCUT2D eigenvalue weighted by Crippen LogP contribution is 2.14. The van der Waals surface area contributed by atoms with Gasteiger partial charge in [0, 0.05) is 33.8 Å². The lowest BCUT2D eigenvalue weighted by atomic mass is 10.0. The molecule has 0 aliphatic carbocycles. The summed E-state index contributed by atoms with van der Waals surface area (Å²) in [4.78, 5) is 39.5. The minimum Gasteiger partial charge on any atom is -0.447 e. The molecule has 0 aromatic heterocycles. The van der Waals surface area contributed by atoms with Crippen molar-refractivity contribution in [3.8, 4) is 0 Å². The minimum atomic E-state index is -1.38. The molecule has 3 amide bonds. The molecule has 0 aromatic carbocycles. The smallest absolute Gasteiger partial charge is 0.410 e. The summed E-state index contributed by atoms with van der Waals surface area (Å²) in [6.45, 7) is 3.54. The number of primary amides is 1. The van der Waals surface area contributed by atoms with Crippen LogP contribution in [0.2, 0.25) is 0 Å². The first kappa shape index (κ1) is 37.9. The van der Waals surface area contributed by atoms with Gasteiger partial charge in [-0.2, -0.15) is 0 Å². The van der Waals surface area contributed by atoms with E-state index in [1.165, 1.54) is 95.5 Å². The molecule has 0 heterocycles. The number of rotatable bonds is 26. The number of nitrogens with zero attached hydrogens (tertiary/aromatic N) is 2. The van der Waals surface area contributed by atoms with Crippen LogP contribution in [0.25, 0.3) is 0 Å². The van der Waals surface area contributed by atoms with Crippen molar-refractivity contribution in [3.63, 3.8) is 0 Å². The van der Waals surface area contributed by atoms with E-state index in [0.717, 1.165) is 19.3 Å². The number of alkyl carbamates (subject to hydrolysis) is 1. The van der Waals surface area contributed by atoms with Crippen LogP contribution in [0, 0.1) is 0 Å². The van der Waals surface area contributed by atoms with Gasteiger partial charge < -0.3 is 35.1 Å². The molecule has 0 bridgehead atoms. The van der Waals surface area contributed by atoms with Gasteiger partial charge in [-0.1, -0.05) is 103 Å². The molecular formula is C30H60N4O6. The SMILES string of the molecule is CCCCCCCCCCCCCCCCCCNC(=O)OCC(OC)C(OC(=O)N(C)CCN(C)C)C(N)=O. The van der Waals surface area contributed by atoms with Crippen molar-refractivity contribution in [1.82, 2.24) is 15.1 Å². The summed E-state index contributed by atoms with van der Waals surface area (Å²) in [6, 6.07) is 0. The number of unbranched alkanes of at least 4 members (excludes halogenated alkanes) is 15. The van der Waals surface area contributed by atoms with E-state index in [9.17, 15) is 14.4 Å². The van der Waals surface area contributed by atoms with Crippen molar-refractivity contribution in [2.75, 3.05) is 54.5 Å². The standard InChI is InChI=1S/C30H60N4O6/c1-6-7-8-9-10-11-12-13-14-15-16-17-18-19-20-21-22-32-29(36)39-25-26(38-5)27(28(31)35)40-30(37)34(4)24-23-33(2)3/h26-27H,6-25H2,1-5H3,(H2,31,35)(H,32,36). The summed E-state index contributed by atoms with van der Waals surface area (Å²) < 4.78 is 15.7. The predicted octanol–water partition coefficient (Wildman–Crippen LogP) is 5.47. The Morgan fingerprint density at radius 2 is 1.23 bits per heavy atom. The fourth-order valence-electron chi connectivity index (χ4n) is 4.31. The first-order valence-electron chi connectivity index (χ1n) is 15.5. The zero-order valence-electron chi connectivity index (χ0n) is 26.2. The van der Waals surface area contributed by atoms with Gasteiger partial charge in [-0.3, -0.25) is 4.79 Å². The van der Waals surface area contributed by atoms with E-state index in [2.05, 4.69) is 12.2 Å². The second-order valence-electron chi connectivity index (χ2n) is 11.0. The monoisotopic (exact) mass is 572 g/mol. The van der Waals surface area contributed by atoms with Gasteiger partial charge in [-0.15, -0.1) is 0 Å². The molecule has 0 radical (unpaired) electrons. The van der Waals surface area contributed by atoms with Crippen LogP contribution in [-0.2, 0) is 19.0 Å². The van der Waals surface area contributed by atoms with Crippen molar-refractivity contribution in [2.24, 2.45) is 5.73 Å². The van der Waals surface area contributed by atoms with Crippen LogP contribution in [0.3, 0.4) is 0 Å². The van der Waals surface area contributed by atoms with Crippen LogP contribution in [0.15, 0.2) is 0 Å². The largest absolute Gasteiger partial charge is 0.447 e. The van der Waals surface area contributed by atoms with Crippen LogP contribution in [0.4, 0.5) is 9.59 Å². The number of methoxy groups -OCH3 is 1. The van der Waals surface area contributed by atoms with Crippen molar-refractivity contribution in [3.05, 3.63) is 0 Å². The lowest BCUT2D eigenvalue weighted by Crippen LogP contribution is -2.48. The highest BCUT2D eigenvalue weighted by atomic mass is 16.6. The van der Waals surface area contributed by atoms with E-state index in [4.69, 9.17) is 19.9 Å². The quantitative estimate of drug-likeness (QED) is 0.132. The second-order valence-corrected chi connectivity index (χ2v) is 11.0. The third-order valence-electron chi connectivity index (χ3n) is 7.02. The van der Waals surface area contributed by atoms with Gasteiger partial charge in [0.2, 0.25) is 6.10 Å². The van der Waals surface area contributed by atoms with E-state index in [-0.39, 0.29) is 6.61 Å². The zero-order chi connectivity index (χ0) is 30.0. The number of amides is 3. The third kappa shape index (κ3) is 21.7. The number of ether oxygens (including phenoxy) is 3. The molecule has 40 heavy (non-hydrogen) atoms. The molecule has 3 N–H and O–H groups in total. The van der Waals surface area contributed by atoms with Crippen LogP contribution in [0.5, 0.6) is 0 Å². The Labute approximate surface area is 244 Å². The van der Waals surface area contributed by atoms with Crippen molar-refractivity contribution in [1.29, 1.82) is 0 Å². The van der Waals surface area contributed by atoms with Crippen molar-refractivity contribution >= 4 is 18.1 Å². The Morgan fingerprint density at radius 3 is 1.65 bits per heavy atom. The third-order valence-corrected chi connectivity index (χ3v) is 7.02. The van der Waals surface area contributed by atoms with Gasteiger partial charge in [-0.25, -0.2) is 9.59 Å². The van der Waals surface area contributed by atoms with E-state index >= 15 is 0 Å². The number of hydrogen-bond donors (Lipinski definition) is 2. The molecule has 0 rings (SSSR count). The number of nitrogens with one attached hydrogen (secondary N) is 1. The van der Waals surface area contributed by atoms with Crippen LogP contribution in [0.1, 0.15) is 110 Å². The summed E-state index contributed by atoms with van der Waals surface area (Å²) in [6.07, 6.45) is 17.0. The molecule has 0 fully saturated rings. The molecule has 0 saturated carbocycles. The molecule has 0 spiro atoms. The Bertz CT molecular complexity index is 650. The highest BCUT2D eigenvalue weighted by Gasteiger charge is 2.32. The number of carbonyl (C=O) groups excluding carboxylic acids is 3. The molecule has 2 unspecified atom stereocenters. The maximum Gasteiger partial charge on any atom is 0.410 e. The predicted molar refractivity (Wildman–Crippen MR) is 160 cm³/mol. The Morgan fingerprint density at radius 1 is 0.750 bits per heavy atom. The molecule has 236 valence electrons. The molecule has 0 saturated heterocycles. The lowest BCUT2D eigenvalue weighted by Gasteiger charge is -2.26. The van der Waals surface area contributed by atoms with Gasteiger partial charge in [0.05, 0.1) is 0 Å². The van der Waals surface area contributed by atoms with Gasteiger partial charge >= 0.3 is 12.2 Å². The van der Waals surface area contributed by atoms with Gasteiger partial charge in [0.15, 0.2) is 0 Å². The summed E-state index contributed by atoms with van der Waals surface area (Å²) in [7, 11) is 6.67. The second kappa shape index (κ2) is 25.9. The molecule has 2 atom stereocenters. The lowest BCUT2D eigenvalue weighted by molar-refractivity contribution is -0.136. The topological polar surface area (TPSA) is 123 Å². The number of nitrogens with two attached hydrogens (primary N) is 1. The molecule has 0 aliphatic rings. The fourth-order valence-corrected chi connectivity index (χ4v) is 4.31. The van der Waals surface area contributed by atoms with Gasteiger partial charge in [0.1, 0.15) is 12.7 Å². The van der Waals surface area contributed by atoms with E-state index in [0.29, 0.717) is 19.6 Å². The van der Waals surface area contributed by atoms with Crippen LogP contribution in [-0.4, -0.2) is 94.6 Å². The summed E-state index contributed by atoms with van der Waals surface area (Å²) >= 11 is 0. The van der Waals surface area contributed by atoms with Crippen LogP contribution >= 0.6 is 0 Å². The minimum absolute atomic E-state index is 0.274. The summed E-state index contributed by atoms with van der Waals surface area (Å²) in [5.74, 6) is -0.876. The highest BCUT2D eigenvalue weighted by molar-refractivity contribution is 5.82. The van der Waals surface area contributed by atoms with E-state index in [1.807, 2.05) is 19.0 Å². The van der Waals surface area contributed by atoms with E-state index in [1.54, 1.807) is 7.05 Å². The normalized spacial score (nSPS) is 12.7. The fraction of sp³-hybridized carbons (Fsp3) is 0.900. The first-order chi connectivity index (χ1) is 19.2. The zero-order valence-corrected chi connectivity index (χ0v) is 26.2. The Hall–Kier alpha value is -2.07. The Kier molecular flexibility index (Phi) is 24.5. The van der Waals surface area contributed by atoms with Crippen LogP contribution < -0.4 is 11.1 Å².